The normalized spacial score (nSPS) is 9.11. The lowest BCUT2D eigenvalue weighted by molar-refractivity contribution is 0.0556. The van der Waals surface area contributed by atoms with Crippen LogP contribution in [0.25, 0.3) is 0 Å². The molecule has 1 aromatic carbocycles. The fraction of sp³-hybridized carbons (Fsp3) is 0.0667. The summed E-state index contributed by atoms with van der Waals surface area (Å²) >= 11 is 0. The van der Waals surface area contributed by atoms with Crippen LogP contribution in [0.3, 0.4) is 0 Å². The lowest BCUT2D eigenvalue weighted by Crippen LogP contribution is -2.04. The Balaban J connectivity index is 1.87. The van der Waals surface area contributed by atoms with Crippen LogP contribution in [0.5, 0.6) is 0 Å². The van der Waals surface area contributed by atoms with E-state index in [9.17, 15) is 4.79 Å². The molecule has 0 aliphatic rings. The number of ether oxygens (including phenoxy) is 1. The van der Waals surface area contributed by atoms with Crippen LogP contribution in [0.2, 0.25) is 0 Å². The second-order valence-electron chi connectivity index (χ2n) is 3.49. The number of carbonyl (C=O) groups excluding carboxylic acids is 1. The Kier molecular flexibility index (Phi) is 4.10. The highest BCUT2D eigenvalue weighted by molar-refractivity contribution is 5.89. The third-order valence-electron chi connectivity index (χ3n) is 2.18. The van der Waals surface area contributed by atoms with Crippen LogP contribution >= 0.6 is 0 Å². The number of esters is 1. The highest BCUT2D eigenvalue weighted by Gasteiger charge is 2.03. The first-order valence-electron chi connectivity index (χ1n) is 5.47. The van der Waals surface area contributed by atoms with Crippen LogP contribution < -0.4 is 0 Å². The minimum atomic E-state index is -0.365. The topological polar surface area (TPSA) is 39.2 Å². The Bertz CT molecular complexity index is 568. The van der Waals surface area contributed by atoms with Crippen molar-refractivity contribution in [3.05, 3.63) is 66.0 Å². The van der Waals surface area contributed by atoms with Gasteiger partial charge in [-0.25, -0.2) is 4.79 Å². The first kappa shape index (κ1) is 11.9. The van der Waals surface area contributed by atoms with Crippen molar-refractivity contribution in [3.8, 4) is 11.8 Å². The number of carbonyl (C=O) groups is 1. The first-order valence-corrected chi connectivity index (χ1v) is 5.47. The molecule has 0 N–H and O–H groups in total. The van der Waals surface area contributed by atoms with E-state index in [1.807, 2.05) is 12.1 Å². The van der Waals surface area contributed by atoms with Gasteiger partial charge >= 0.3 is 5.97 Å². The lowest BCUT2D eigenvalue weighted by atomic mass is 10.2. The maximum atomic E-state index is 11.6. The molecule has 18 heavy (non-hydrogen) atoms. The van der Waals surface area contributed by atoms with Crippen LogP contribution in [-0.4, -0.2) is 17.6 Å². The predicted molar refractivity (Wildman–Crippen MR) is 67.8 cm³/mol. The van der Waals surface area contributed by atoms with Gasteiger partial charge in [-0.05, 0) is 24.3 Å². The van der Waals surface area contributed by atoms with E-state index in [0.29, 0.717) is 5.56 Å². The summed E-state index contributed by atoms with van der Waals surface area (Å²) in [6, 6.07) is 12.5. The molecule has 3 heteroatoms. The van der Waals surface area contributed by atoms with Crippen molar-refractivity contribution in [2.45, 2.75) is 0 Å². The van der Waals surface area contributed by atoms with Crippen molar-refractivity contribution >= 4 is 5.97 Å². The molecule has 3 nitrogen and oxygen atoms in total. The van der Waals surface area contributed by atoms with Gasteiger partial charge in [0.05, 0.1) is 5.56 Å². The van der Waals surface area contributed by atoms with Crippen molar-refractivity contribution in [2.24, 2.45) is 0 Å². The minimum absolute atomic E-state index is 0.0720. The number of hydrogen-bond acceptors (Lipinski definition) is 3. The van der Waals surface area contributed by atoms with Crippen LogP contribution in [0.4, 0.5) is 0 Å². The fourth-order valence-corrected chi connectivity index (χ4v) is 1.33. The van der Waals surface area contributed by atoms with E-state index < -0.39 is 0 Å². The molecule has 0 atom stereocenters. The first-order chi connectivity index (χ1) is 8.86. The zero-order valence-corrected chi connectivity index (χ0v) is 9.67. The van der Waals surface area contributed by atoms with Crippen molar-refractivity contribution < 1.29 is 9.53 Å². The van der Waals surface area contributed by atoms with Gasteiger partial charge in [0, 0.05) is 18.0 Å². The maximum Gasteiger partial charge on any atom is 0.339 e. The smallest absolute Gasteiger partial charge is 0.339 e. The SMILES string of the molecule is O=C(OCC#Cc1cccnc1)c1ccccc1. The second kappa shape index (κ2) is 6.21. The van der Waals surface area contributed by atoms with Crippen molar-refractivity contribution in [2.75, 3.05) is 6.61 Å². The monoisotopic (exact) mass is 237 g/mol. The molecule has 0 aliphatic heterocycles. The summed E-state index contributed by atoms with van der Waals surface area (Å²) in [6.07, 6.45) is 3.34. The fourth-order valence-electron chi connectivity index (χ4n) is 1.33. The lowest BCUT2D eigenvalue weighted by Gasteiger charge is -1.99. The van der Waals surface area contributed by atoms with E-state index in [1.165, 1.54) is 0 Å². The summed E-state index contributed by atoms with van der Waals surface area (Å²) in [7, 11) is 0. The van der Waals surface area contributed by atoms with Crippen LogP contribution in [0.15, 0.2) is 54.9 Å². The molecule has 88 valence electrons. The Morgan fingerprint density at radius 3 is 2.72 bits per heavy atom. The zero-order valence-electron chi connectivity index (χ0n) is 9.67. The summed E-state index contributed by atoms with van der Waals surface area (Å²) < 4.78 is 5.02. The molecule has 0 amide bonds. The van der Waals surface area contributed by atoms with Crippen LogP contribution in [0.1, 0.15) is 15.9 Å². The number of pyridine rings is 1. The average molecular weight is 237 g/mol. The maximum absolute atomic E-state index is 11.6. The Hall–Kier alpha value is -2.60. The second-order valence-corrected chi connectivity index (χ2v) is 3.49. The van der Waals surface area contributed by atoms with E-state index in [1.54, 1.807) is 42.7 Å². The third-order valence-corrected chi connectivity index (χ3v) is 2.18. The van der Waals surface area contributed by atoms with Crippen LogP contribution in [-0.2, 0) is 4.74 Å². The average Bonchev–Trinajstić information content (AvgIpc) is 2.45. The largest absolute Gasteiger partial charge is 0.449 e. The molecule has 0 radical (unpaired) electrons. The van der Waals surface area contributed by atoms with Gasteiger partial charge in [-0.3, -0.25) is 4.98 Å². The summed E-state index contributed by atoms with van der Waals surface area (Å²) in [5.74, 6) is 5.27. The van der Waals surface area contributed by atoms with E-state index in [0.717, 1.165) is 5.56 Å². The predicted octanol–water partition coefficient (Wildman–Crippen LogP) is 2.29. The van der Waals surface area contributed by atoms with Gasteiger partial charge in [-0.15, -0.1) is 0 Å². The number of rotatable bonds is 2. The summed E-state index contributed by atoms with van der Waals surface area (Å²) in [5, 5.41) is 0. The van der Waals surface area contributed by atoms with Gasteiger partial charge in [-0.2, -0.15) is 0 Å². The van der Waals surface area contributed by atoms with Crippen molar-refractivity contribution in [1.29, 1.82) is 0 Å². The molecule has 1 heterocycles. The number of aromatic nitrogens is 1. The van der Waals surface area contributed by atoms with E-state index in [4.69, 9.17) is 4.74 Å². The van der Waals surface area contributed by atoms with Crippen LogP contribution in [0, 0.1) is 11.8 Å². The zero-order chi connectivity index (χ0) is 12.6. The summed E-state index contributed by atoms with van der Waals surface area (Å²) in [4.78, 5) is 15.5. The van der Waals surface area contributed by atoms with Gasteiger partial charge in [0.25, 0.3) is 0 Å². The number of hydrogen-bond donors (Lipinski definition) is 0. The Morgan fingerprint density at radius 2 is 2.00 bits per heavy atom. The molecule has 0 aliphatic carbocycles. The third kappa shape index (κ3) is 3.46. The molecule has 1 aromatic heterocycles. The van der Waals surface area contributed by atoms with Gasteiger partial charge in [0.1, 0.15) is 0 Å². The molecule has 2 aromatic rings. The van der Waals surface area contributed by atoms with Crippen molar-refractivity contribution in [3.63, 3.8) is 0 Å². The quantitative estimate of drug-likeness (QED) is 0.594. The highest BCUT2D eigenvalue weighted by atomic mass is 16.5. The molecule has 2 rings (SSSR count). The van der Waals surface area contributed by atoms with Gasteiger partial charge < -0.3 is 4.74 Å². The molecule has 0 saturated heterocycles. The van der Waals surface area contributed by atoms with Gasteiger partial charge in [0.2, 0.25) is 0 Å². The summed E-state index contributed by atoms with van der Waals surface area (Å²) in [6.45, 7) is 0.0720. The van der Waals surface area contributed by atoms with E-state index >= 15 is 0 Å². The Labute approximate surface area is 105 Å². The number of benzene rings is 1. The highest BCUT2D eigenvalue weighted by Crippen LogP contribution is 2.00. The standard InChI is InChI=1S/C15H11NO2/c17-15(14-8-2-1-3-9-14)18-11-5-7-13-6-4-10-16-12-13/h1-4,6,8-10,12H,11H2. The van der Waals surface area contributed by atoms with Gasteiger partial charge in [0.15, 0.2) is 6.61 Å². The molecule has 0 unspecified atom stereocenters. The van der Waals surface area contributed by atoms with Crippen molar-refractivity contribution in [1.82, 2.24) is 4.98 Å². The summed E-state index contributed by atoms with van der Waals surface area (Å²) in [5.41, 5.74) is 1.33. The Morgan fingerprint density at radius 1 is 1.17 bits per heavy atom. The minimum Gasteiger partial charge on any atom is -0.449 e. The molecular formula is C15H11NO2. The number of nitrogens with zero attached hydrogens (tertiary/aromatic N) is 1. The van der Waals surface area contributed by atoms with E-state index in [2.05, 4.69) is 16.8 Å². The molecule has 0 spiro atoms. The van der Waals surface area contributed by atoms with Gasteiger partial charge in [-0.1, -0.05) is 30.0 Å². The molecule has 0 saturated carbocycles. The molecule has 0 fully saturated rings. The molecular weight excluding hydrogens is 226 g/mol. The molecule has 0 bridgehead atoms. The van der Waals surface area contributed by atoms with E-state index in [-0.39, 0.29) is 12.6 Å².